The molecule has 0 unspecified atom stereocenters. The minimum absolute atomic E-state index is 0.931. The Morgan fingerprint density at radius 3 is 2.76 bits per heavy atom. The monoisotopic (exact) mass is 247 g/mol. The second-order valence-corrected chi connectivity index (χ2v) is 4.77. The smallest absolute Gasteiger partial charge is 0.0645 e. The number of aromatic nitrogens is 2. The second-order valence-electron chi connectivity index (χ2n) is 3.79. The number of nitrogens with one attached hydrogen (secondary N) is 1. The van der Waals surface area contributed by atoms with Crippen molar-refractivity contribution >= 4 is 11.8 Å². The summed E-state index contributed by atoms with van der Waals surface area (Å²) in [6, 6.07) is 10.4. The van der Waals surface area contributed by atoms with Crippen LogP contribution in [-0.4, -0.2) is 28.3 Å². The van der Waals surface area contributed by atoms with Crippen LogP contribution in [0.5, 0.6) is 0 Å². The minimum atomic E-state index is 0.931. The van der Waals surface area contributed by atoms with Gasteiger partial charge < -0.3 is 5.32 Å². The quantitative estimate of drug-likeness (QED) is 0.795. The largest absolute Gasteiger partial charge is 0.312 e. The molecule has 90 valence electrons. The van der Waals surface area contributed by atoms with Crippen LogP contribution in [0, 0.1) is 0 Å². The fourth-order valence-corrected chi connectivity index (χ4v) is 1.94. The highest BCUT2D eigenvalue weighted by Crippen LogP contribution is 2.08. The third-order valence-corrected chi connectivity index (χ3v) is 3.13. The van der Waals surface area contributed by atoms with Crippen molar-refractivity contribution in [3.05, 3.63) is 48.3 Å². The molecule has 1 aromatic heterocycles. The van der Waals surface area contributed by atoms with Crippen LogP contribution < -0.4 is 5.32 Å². The number of hydrogen-bond acceptors (Lipinski definition) is 3. The summed E-state index contributed by atoms with van der Waals surface area (Å²) < 4.78 is 1.87. The first kappa shape index (κ1) is 12.2. The summed E-state index contributed by atoms with van der Waals surface area (Å²) >= 11 is 1.86. The van der Waals surface area contributed by atoms with Crippen molar-refractivity contribution in [2.45, 2.75) is 6.54 Å². The fraction of sp³-hybridized carbons (Fsp3) is 0.308. The van der Waals surface area contributed by atoms with Crippen molar-refractivity contribution in [1.82, 2.24) is 15.1 Å². The first-order valence-corrected chi connectivity index (χ1v) is 7.08. The van der Waals surface area contributed by atoms with E-state index in [9.17, 15) is 0 Å². The van der Waals surface area contributed by atoms with Crippen molar-refractivity contribution in [3.63, 3.8) is 0 Å². The number of hydrogen-bond donors (Lipinski definition) is 1. The van der Waals surface area contributed by atoms with Gasteiger partial charge in [-0.05, 0) is 30.0 Å². The highest BCUT2D eigenvalue weighted by atomic mass is 32.2. The molecule has 1 N–H and O–H groups in total. The van der Waals surface area contributed by atoms with Crippen LogP contribution in [0.25, 0.3) is 5.69 Å². The minimum Gasteiger partial charge on any atom is -0.312 e. The first-order valence-electron chi connectivity index (χ1n) is 5.69. The standard InChI is InChI=1S/C13H17N3S/c1-17-10-8-14-11-12-3-5-13(6-4-12)16-9-2-7-15-16/h2-7,9,14H,8,10-11H2,1H3. The van der Waals surface area contributed by atoms with E-state index in [0.717, 1.165) is 24.5 Å². The average Bonchev–Trinajstić information content (AvgIpc) is 2.89. The summed E-state index contributed by atoms with van der Waals surface area (Å²) in [4.78, 5) is 0. The lowest BCUT2D eigenvalue weighted by molar-refractivity contribution is 0.732. The van der Waals surface area contributed by atoms with E-state index < -0.39 is 0 Å². The summed E-state index contributed by atoms with van der Waals surface area (Å²) in [6.45, 7) is 1.99. The molecule has 0 saturated carbocycles. The molecule has 0 aliphatic heterocycles. The number of rotatable bonds is 6. The molecule has 4 heteroatoms. The Morgan fingerprint density at radius 1 is 1.29 bits per heavy atom. The molecule has 0 saturated heterocycles. The summed E-state index contributed by atoms with van der Waals surface area (Å²) in [7, 11) is 0. The fourth-order valence-electron chi connectivity index (χ4n) is 1.60. The molecule has 0 spiro atoms. The van der Waals surface area contributed by atoms with Crippen LogP contribution in [0.1, 0.15) is 5.56 Å². The number of thioether (sulfide) groups is 1. The Balaban J connectivity index is 1.90. The molecule has 17 heavy (non-hydrogen) atoms. The highest BCUT2D eigenvalue weighted by Gasteiger charge is 1.96. The molecule has 0 bridgehead atoms. The van der Waals surface area contributed by atoms with Crippen molar-refractivity contribution in [3.8, 4) is 5.69 Å². The van der Waals surface area contributed by atoms with E-state index >= 15 is 0 Å². The molecule has 0 atom stereocenters. The van der Waals surface area contributed by atoms with Gasteiger partial charge in [0.1, 0.15) is 0 Å². The van der Waals surface area contributed by atoms with E-state index in [-0.39, 0.29) is 0 Å². The van der Waals surface area contributed by atoms with Gasteiger partial charge in [0.2, 0.25) is 0 Å². The molecule has 1 aromatic carbocycles. The predicted molar refractivity (Wildman–Crippen MR) is 73.7 cm³/mol. The molecule has 2 aromatic rings. The van der Waals surface area contributed by atoms with Crippen LogP contribution in [0.15, 0.2) is 42.7 Å². The van der Waals surface area contributed by atoms with E-state index in [4.69, 9.17) is 0 Å². The zero-order valence-electron chi connectivity index (χ0n) is 9.97. The predicted octanol–water partition coefficient (Wildman–Crippen LogP) is 2.32. The first-order chi connectivity index (χ1) is 8.40. The van der Waals surface area contributed by atoms with Gasteiger partial charge in [0.25, 0.3) is 0 Å². The van der Waals surface area contributed by atoms with Crippen molar-refractivity contribution in [2.24, 2.45) is 0 Å². The third kappa shape index (κ3) is 3.61. The van der Waals surface area contributed by atoms with E-state index in [1.165, 1.54) is 5.56 Å². The maximum atomic E-state index is 4.20. The van der Waals surface area contributed by atoms with E-state index in [2.05, 4.69) is 40.9 Å². The zero-order valence-corrected chi connectivity index (χ0v) is 10.8. The van der Waals surface area contributed by atoms with Crippen LogP contribution in [0.2, 0.25) is 0 Å². The topological polar surface area (TPSA) is 29.9 Å². The molecule has 0 radical (unpaired) electrons. The highest BCUT2D eigenvalue weighted by molar-refractivity contribution is 7.98. The van der Waals surface area contributed by atoms with Crippen molar-refractivity contribution < 1.29 is 0 Å². The molecule has 0 amide bonds. The Hall–Kier alpha value is -1.26. The molecule has 0 fully saturated rings. The van der Waals surface area contributed by atoms with Gasteiger partial charge in [-0.15, -0.1) is 0 Å². The molecule has 0 aliphatic rings. The van der Waals surface area contributed by atoms with Gasteiger partial charge >= 0.3 is 0 Å². The third-order valence-electron chi connectivity index (χ3n) is 2.52. The SMILES string of the molecule is CSCCNCc1ccc(-n2cccn2)cc1. The van der Waals surface area contributed by atoms with Crippen molar-refractivity contribution in [1.29, 1.82) is 0 Å². The van der Waals surface area contributed by atoms with Gasteiger partial charge in [-0.25, -0.2) is 4.68 Å². The van der Waals surface area contributed by atoms with Crippen LogP contribution >= 0.6 is 11.8 Å². The van der Waals surface area contributed by atoms with Crippen LogP contribution in [0.3, 0.4) is 0 Å². The lowest BCUT2D eigenvalue weighted by atomic mass is 10.2. The summed E-state index contributed by atoms with van der Waals surface area (Å²) in [6.07, 6.45) is 5.87. The molecular weight excluding hydrogens is 230 g/mol. The lowest BCUT2D eigenvalue weighted by Gasteiger charge is -2.05. The molecular formula is C13H17N3S. The molecule has 1 heterocycles. The van der Waals surface area contributed by atoms with Crippen LogP contribution in [-0.2, 0) is 6.54 Å². The van der Waals surface area contributed by atoms with Gasteiger partial charge in [-0.1, -0.05) is 12.1 Å². The zero-order chi connectivity index (χ0) is 11.9. The summed E-state index contributed by atoms with van der Waals surface area (Å²) in [5, 5.41) is 7.61. The Kier molecular flexibility index (Phi) is 4.64. The van der Waals surface area contributed by atoms with E-state index in [0.29, 0.717) is 0 Å². The molecule has 0 aliphatic carbocycles. The van der Waals surface area contributed by atoms with E-state index in [1.54, 1.807) is 6.20 Å². The van der Waals surface area contributed by atoms with Crippen molar-refractivity contribution in [2.75, 3.05) is 18.6 Å². The maximum absolute atomic E-state index is 4.20. The summed E-state index contributed by atoms with van der Waals surface area (Å²) in [5.74, 6) is 1.16. The molecule has 3 nitrogen and oxygen atoms in total. The van der Waals surface area contributed by atoms with Gasteiger partial charge in [-0.3, -0.25) is 0 Å². The molecule has 2 rings (SSSR count). The lowest BCUT2D eigenvalue weighted by Crippen LogP contribution is -2.16. The van der Waals surface area contributed by atoms with E-state index in [1.807, 2.05) is 28.7 Å². The Labute approximate surface area is 106 Å². The summed E-state index contributed by atoms with van der Waals surface area (Å²) in [5.41, 5.74) is 2.41. The van der Waals surface area contributed by atoms with Crippen LogP contribution in [0.4, 0.5) is 0 Å². The van der Waals surface area contributed by atoms with Gasteiger partial charge in [-0.2, -0.15) is 16.9 Å². The maximum Gasteiger partial charge on any atom is 0.0645 e. The Bertz CT molecular complexity index is 422. The van der Waals surface area contributed by atoms with Gasteiger partial charge in [0.05, 0.1) is 5.69 Å². The average molecular weight is 247 g/mol. The van der Waals surface area contributed by atoms with Gasteiger partial charge in [0, 0.05) is 31.2 Å². The number of benzene rings is 1. The van der Waals surface area contributed by atoms with Gasteiger partial charge in [0.15, 0.2) is 0 Å². The Morgan fingerprint density at radius 2 is 2.12 bits per heavy atom. The number of nitrogens with zero attached hydrogens (tertiary/aromatic N) is 2. The second kappa shape index (κ2) is 6.47. The normalized spacial score (nSPS) is 10.6.